The number of piperazine rings is 1. The highest BCUT2D eigenvalue weighted by Gasteiger charge is 2.22. The minimum atomic E-state index is -0.246. The van der Waals surface area contributed by atoms with Gasteiger partial charge in [0.15, 0.2) is 0 Å². The van der Waals surface area contributed by atoms with Crippen LogP contribution in [0.2, 0.25) is 0 Å². The van der Waals surface area contributed by atoms with E-state index in [1.165, 1.54) is 6.07 Å². The van der Waals surface area contributed by atoms with Gasteiger partial charge in [-0.15, -0.1) is 0 Å². The lowest BCUT2D eigenvalue weighted by Crippen LogP contribution is -2.52. The molecule has 5 heteroatoms. The number of hydrogen-bond donors (Lipinski definition) is 1. The van der Waals surface area contributed by atoms with Gasteiger partial charge in [-0.3, -0.25) is 4.79 Å². The van der Waals surface area contributed by atoms with Gasteiger partial charge in [0.2, 0.25) is 5.91 Å². The third-order valence-corrected chi connectivity index (χ3v) is 3.93. The van der Waals surface area contributed by atoms with Gasteiger partial charge in [0.05, 0.1) is 0 Å². The molecule has 1 unspecified atom stereocenters. The lowest BCUT2D eigenvalue weighted by Gasteiger charge is -2.34. The van der Waals surface area contributed by atoms with Gasteiger partial charge in [-0.2, -0.15) is 0 Å². The first-order chi connectivity index (χ1) is 9.08. The normalized spacial score (nSPS) is 19.5. The summed E-state index contributed by atoms with van der Waals surface area (Å²) in [6.07, 6.45) is 0.804. The average molecular weight is 329 g/mol. The van der Waals surface area contributed by atoms with E-state index in [9.17, 15) is 9.18 Å². The molecule has 104 valence electrons. The largest absolute Gasteiger partial charge is 0.337 e. The second kappa shape index (κ2) is 6.48. The number of amides is 1. The highest BCUT2D eigenvalue weighted by molar-refractivity contribution is 9.10. The minimum absolute atomic E-state index is 0.105. The maximum Gasteiger partial charge on any atom is 0.223 e. The lowest BCUT2D eigenvalue weighted by molar-refractivity contribution is -0.133. The lowest BCUT2D eigenvalue weighted by atomic mass is 10.1. The van der Waals surface area contributed by atoms with E-state index in [4.69, 9.17) is 0 Å². The number of hydrogen-bond acceptors (Lipinski definition) is 2. The Labute approximate surface area is 121 Å². The Morgan fingerprint density at radius 2 is 2.37 bits per heavy atom. The van der Waals surface area contributed by atoms with Crippen LogP contribution in [0.5, 0.6) is 0 Å². The fraction of sp³-hybridized carbons (Fsp3) is 0.500. The third kappa shape index (κ3) is 3.76. The number of rotatable bonds is 3. The fourth-order valence-corrected chi connectivity index (χ4v) is 2.74. The van der Waals surface area contributed by atoms with Crippen LogP contribution in [-0.4, -0.2) is 36.5 Å². The van der Waals surface area contributed by atoms with Crippen molar-refractivity contribution < 1.29 is 9.18 Å². The van der Waals surface area contributed by atoms with Crippen LogP contribution in [0.3, 0.4) is 0 Å². The topological polar surface area (TPSA) is 32.3 Å². The van der Waals surface area contributed by atoms with Crippen molar-refractivity contribution in [1.82, 2.24) is 10.2 Å². The van der Waals surface area contributed by atoms with Crippen LogP contribution in [0.1, 0.15) is 18.9 Å². The molecule has 1 heterocycles. The molecule has 1 aliphatic rings. The number of benzene rings is 1. The number of nitrogens with zero attached hydrogens (tertiary/aromatic N) is 1. The van der Waals surface area contributed by atoms with Gasteiger partial charge in [0, 0.05) is 36.6 Å². The molecular formula is C14H18BrFN2O. The Balaban J connectivity index is 1.94. The third-order valence-electron chi connectivity index (χ3n) is 3.44. The van der Waals surface area contributed by atoms with Gasteiger partial charge < -0.3 is 10.2 Å². The van der Waals surface area contributed by atoms with Gasteiger partial charge >= 0.3 is 0 Å². The Hall–Kier alpha value is -0.940. The van der Waals surface area contributed by atoms with E-state index in [0.717, 1.165) is 24.1 Å². The van der Waals surface area contributed by atoms with E-state index in [0.29, 0.717) is 18.4 Å². The highest BCUT2D eigenvalue weighted by Crippen LogP contribution is 2.17. The van der Waals surface area contributed by atoms with Gasteiger partial charge in [-0.25, -0.2) is 4.39 Å². The second-order valence-electron chi connectivity index (χ2n) is 4.88. The zero-order valence-electron chi connectivity index (χ0n) is 11.0. The standard InChI is InChI=1S/C14H18BrFN2O/c1-10-9-17-6-7-18(10)14(19)5-2-11-8-12(15)3-4-13(11)16/h3-4,8,10,17H,2,5-7,9H2,1H3. The molecule has 1 amide bonds. The molecule has 1 aliphatic heterocycles. The molecule has 1 aromatic carbocycles. The zero-order valence-corrected chi connectivity index (χ0v) is 12.5. The summed E-state index contributed by atoms with van der Waals surface area (Å²) < 4.78 is 14.4. The molecule has 3 nitrogen and oxygen atoms in total. The number of nitrogens with one attached hydrogen (secondary N) is 1. The van der Waals surface area contributed by atoms with Crippen molar-refractivity contribution in [2.75, 3.05) is 19.6 Å². The van der Waals surface area contributed by atoms with E-state index in [2.05, 4.69) is 21.2 Å². The average Bonchev–Trinajstić information content (AvgIpc) is 2.40. The van der Waals surface area contributed by atoms with Crippen molar-refractivity contribution in [2.45, 2.75) is 25.8 Å². The Bertz CT molecular complexity index is 467. The van der Waals surface area contributed by atoms with Crippen molar-refractivity contribution in [3.63, 3.8) is 0 Å². The van der Waals surface area contributed by atoms with Gasteiger partial charge in [-0.1, -0.05) is 15.9 Å². The summed E-state index contributed by atoms with van der Waals surface area (Å²) in [5.41, 5.74) is 0.588. The predicted molar refractivity (Wildman–Crippen MR) is 76.5 cm³/mol. The Morgan fingerprint density at radius 1 is 1.58 bits per heavy atom. The maximum absolute atomic E-state index is 13.6. The van der Waals surface area contributed by atoms with E-state index in [-0.39, 0.29) is 17.8 Å². The maximum atomic E-state index is 13.6. The number of carbonyl (C=O) groups is 1. The Morgan fingerprint density at radius 3 is 3.11 bits per heavy atom. The van der Waals surface area contributed by atoms with Crippen molar-refractivity contribution in [2.24, 2.45) is 0 Å². The molecule has 0 aromatic heterocycles. The first kappa shape index (κ1) is 14.5. The smallest absolute Gasteiger partial charge is 0.223 e. The SMILES string of the molecule is CC1CNCCN1C(=O)CCc1cc(Br)ccc1F. The number of carbonyl (C=O) groups excluding carboxylic acids is 1. The van der Waals surface area contributed by atoms with Crippen LogP contribution in [0.25, 0.3) is 0 Å². The molecule has 0 saturated carbocycles. The molecular weight excluding hydrogens is 311 g/mol. The first-order valence-electron chi connectivity index (χ1n) is 6.52. The van der Waals surface area contributed by atoms with Crippen molar-refractivity contribution in [3.05, 3.63) is 34.1 Å². The molecule has 0 aliphatic carbocycles. The summed E-state index contributed by atoms with van der Waals surface area (Å²) in [6, 6.07) is 5.05. The molecule has 1 atom stereocenters. The Kier molecular flexibility index (Phi) is 4.93. The van der Waals surface area contributed by atoms with Crippen molar-refractivity contribution in [3.8, 4) is 0 Å². The van der Waals surface area contributed by atoms with Crippen LogP contribution in [0.4, 0.5) is 4.39 Å². The number of aryl methyl sites for hydroxylation is 1. The second-order valence-corrected chi connectivity index (χ2v) is 5.79. The monoisotopic (exact) mass is 328 g/mol. The minimum Gasteiger partial charge on any atom is -0.337 e. The van der Waals surface area contributed by atoms with E-state index >= 15 is 0 Å². The summed E-state index contributed by atoms with van der Waals surface area (Å²) in [4.78, 5) is 14.0. The van der Waals surface area contributed by atoms with Crippen LogP contribution in [-0.2, 0) is 11.2 Å². The molecule has 1 aromatic rings. The van der Waals surface area contributed by atoms with Crippen molar-refractivity contribution in [1.29, 1.82) is 0 Å². The summed E-state index contributed by atoms with van der Waals surface area (Å²) in [6.45, 7) is 4.43. The molecule has 1 saturated heterocycles. The highest BCUT2D eigenvalue weighted by atomic mass is 79.9. The zero-order chi connectivity index (χ0) is 13.8. The van der Waals surface area contributed by atoms with E-state index < -0.39 is 0 Å². The molecule has 2 rings (SSSR count). The summed E-state index contributed by atoms with van der Waals surface area (Å²) in [5, 5.41) is 3.25. The number of halogens is 2. The molecule has 1 fully saturated rings. The predicted octanol–water partition coefficient (Wildman–Crippen LogP) is 2.34. The molecule has 0 radical (unpaired) electrons. The van der Waals surface area contributed by atoms with Crippen LogP contribution in [0.15, 0.2) is 22.7 Å². The molecule has 1 N–H and O–H groups in total. The van der Waals surface area contributed by atoms with Crippen LogP contribution in [0, 0.1) is 5.82 Å². The first-order valence-corrected chi connectivity index (χ1v) is 7.31. The van der Waals surface area contributed by atoms with E-state index in [1.807, 2.05) is 11.8 Å². The van der Waals surface area contributed by atoms with Gasteiger partial charge in [0.1, 0.15) is 5.82 Å². The van der Waals surface area contributed by atoms with Crippen LogP contribution < -0.4 is 5.32 Å². The van der Waals surface area contributed by atoms with Gasteiger partial charge in [0.25, 0.3) is 0 Å². The fourth-order valence-electron chi connectivity index (χ4n) is 2.33. The summed E-state index contributed by atoms with van der Waals surface area (Å²) in [5.74, 6) is -0.141. The van der Waals surface area contributed by atoms with Crippen molar-refractivity contribution >= 4 is 21.8 Å². The summed E-state index contributed by atoms with van der Waals surface area (Å²) in [7, 11) is 0. The summed E-state index contributed by atoms with van der Waals surface area (Å²) >= 11 is 3.32. The van der Waals surface area contributed by atoms with Gasteiger partial charge in [-0.05, 0) is 37.1 Å². The van der Waals surface area contributed by atoms with Crippen LogP contribution >= 0.6 is 15.9 Å². The quantitative estimate of drug-likeness (QED) is 0.923. The molecule has 19 heavy (non-hydrogen) atoms. The molecule has 0 spiro atoms. The molecule has 0 bridgehead atoms. The van der Waals surface area contributed by atoms with E-state index in [1.54, 1.807) is 12.1 Å².